The average Bonchev–Trinajstić information content (AvgIpc) is 3.16. The number of fused-ring (bicyclic) bond motifs is 3. The summed E-state index contributed by atoms with van der Waals surface area (Å²) in [4.78, 5) is 28.9. The Morgan fingerprint density at radius 3 is 2.96 bits per heavy atom. The Morgan fingerprint density at radius 1 is 1.36 bits per heavy atom. The van der Waals surface area contributed by atoms with Gasteiger partial charge < -0.3 is 9.88 Å². The van der Waals surface area contributed by atoms with Crippen molar-refractivity contribution in [3.63, 3.8) is 0 Å². The van der Waals surface area contributed by atoms with Crippen molar-refractivity contribution in [3.05, 3.63) is 41.1 Å². The highest BCUT2D eigenvalue weighted by Gasteiger charge is 2.28. The second-order valence-corrected chi connectivity index (χ2v) is 8.30. The van der Waals surface area contributed by atoms with E-state index in [-0.39, 0.29) is 29.7 Å². The molecule has 1 fully saturated rings. The van der Waals surface area contributed by atoms with Crippen LogP contribution in [0.25, 0.3) is 16.6 Å². The second kappa shape index (κ2) is 5.66. The Bertz CT molecular complexity index is 1150. The number of nitrogens with zero attached hydrogens (tertiary/aromatic N) is 4. The summed E-state index contributed by atoms with van der Waals surface area (Å²) in [6.07, 6.45) is 4.99. The SMILES string of the molecule is O=C(Cn1ccc2c(cnc3ccnn32)c1=O)N[C@H]1CCS(=O)(=O)C1. The van der Waals surface area contributed by atoms with E-state index >= 15 is 0 Å². The van der Waals surface area contributed by atoms with Gasteiger partial charge in [0, 0.05) is 24.5 Å². The molecule has 3 aromatic rings. The van der Waals surface area contributed by atoms with Crippen molar-refractivity contribution >= 4 is 32.3 Å². The van der Waals surface area contributed by atoms with E-state index < -0.39 is 15.7 Å². The molecule has 0 aromatic carbocycles. The molecule has 1 amide bonds. The molecule has 3 aromatic heterocycles. The van der Waals surface area contributed by atoms with E-state index in [0.29, 0.717) is 23.0 Å². The second-order valence-electron chi connectivity index (χ2n) is 6.07. The summed E-state index contributed by atoms with van der Waals surface area (Å²) < 4.78 is 25.7. The maximum absolute atomic E-state index is 12.6. The third-order valence-corrected chi connectivity index (χ3v) is 6.04. The molecule has 9 nitrogen and oxygen atoms in total. The number of aromatic nitrogens is 4. The van der Waals surface area contributed by atoms with Crippen LogP contribution < -0.4 is 10.9 Å². The van der Waals surface area contributed by atoms with Crippen LogP contribution in [-0.4, -0.2) is 51.0 Å². The number of nitrogens with one attached hydrogen (secondary N) is 1. The van der Waals surface area contributed by atoms with Crippen molar-refractivity contribution in [2.75, 3.05) is 11.5 Å². The first-order chi connectivity index (χ1) is 11.9. The largest absolute Gasteiger partial charge is 0.351 e. The number of carbonyl (C=O) groups is 1. The van der Waals surface area contributed by atoms with Crippen molar-refractivity contribution in [1.82, 2.24) is 24.5 Å². The normalized spacial score (nSPS) is 19.4. The quantitative estimate of drug-likeness (QED) is 0.663. The van der Waals surface area contributed by atoms with Crippen molar-refractivity contribution in [1.29, 1.82) is 0 Å². The molecular formula is C15H15N5O4S. The molecule has 1 aliphatic rings. The molecule has 0 radical (unpaired) electrons. The predicted molar refractivity (Wildman–Crippen MR) is 90.0 cm³/mol. The highest BCUT2D eigenvalue weighted by atomic mass is 32.2. The Hall–Kier alpha value is -2.75. The Morgan fingerprint density at radius 2 is 2.20 bits per heavy atom. The van der Waals surface area contributed by atoms with Gasteiger partial charge in [-0.15, -0.1) is 0 Å². The van der Waals surface area contributed by atoms with E-state index in [0.717, 1.165) is 0 Å². The fourth-order valence-corrected chi connectivity index (χ4v) is 4.73. The fraction of sp³-hybridized carbons (Fsp3) is 0.333. The molecule has 130 valence electrons. The maximum atomic E-state index is 12.6. The summed E-state index contributed by atoms with van der Waals surface area (Å²) in [6, 6.07) is 3.04. The van der Waals surface area contributed by atoms with Gasteiger partial charge in [0.05, 0.1) is 28.6 Å². The number of sulfone groups is 1. The third-order valence-electron chi connectivity index (χ3n) is 4.27. The molecule has 10 heteroatoms. The van der Waals surface area contributed by atoms with Crippen molar-refractivity contribution < 1.29 is 13.2 Å². The van der Waals surface area contributed by atoms with Gasteiger partial charge in [-0.05, 0) is 12.5 Å². The zero-order valence-corrected chi connectivity index (χ0v) is 13.9. The molecule has 0 unspecified atom stereocenters. The summed E-state index contributed by atoms with van der Waals surface area (Å²) in [5.74, 6) is -0.358. The van der Waals surface area contributed by atoms with Crippen LogP contribution >= 0.6 is 0 Å². The highest BCUT2D eigenvalue weighted by Crippen LogP contribution is 2.12. The Balaban J connectivity index is 1.59. The predicted octanol–water partition coefficient (Wildman–Crippen LogP) is -0.652. The van der Waals surface area contributed by atoms with Crippen LogP contribution in [0.5, 0.6) is 0 Å². The van der Waals surface area contributed by atoms with Crippen molar-refractivity contribution in [3.8, 4) is 0 Å². The monoisotopic (exact) mass is 361 g/mol. The molecule has 25 heavy (non-hydrogen) atoms. The third kappa shape index (κ3) is 2.88. The standard InChI is InChI=1S/C15H15N5O4S/c21-14(18-10-3-6-25(23,24)9-10)8-19-5-2-12-11(15(19)22)7-16-13-1-4-17-20(12)13/h1-2,4-5,7,10H,3,6,8-9H2,(H,18,21)/t10-/m0/s1. The topological polar surface area (TPSA) is 115 Å². The van der Waals surface area contributed by atoms with E-state index in [4.69, 9.17) is 0 Å². The van der Waals surface area contributed by atoms with E-state index in [1.165, 1.54) is 17.0 Å². The zero-order valence-electron chi connectivity index (χ0n) is 13.1. The van der Waals surface area contributed by atoms with Crippen LogP contribution in [0.1, 0.15) is 6.42 Å². The average molecular weight is 361 g/mol. The van der Waals surface area contributed by atoms with Crippen molar-refractivity contribution in [2.24, 2.45) is 0 Å². The summed E-state index contributed by atoms with van der Waals surface area (Å²) in [5, 5.41) is 7.16. The van der Waals surface area contributed by atoms with Gasteiger partial charge in [-0.25, -0.2) is 17.9 Å². The molecule has 0 bridgehead atoms. The fourth-order valence-electron chi connectivity index (χ4n) is 3.06. The number of rotatable bonds is 3. The zero-order chi connectivity index (χ0) is 17.6. The first kappa shape index (κ1) is 15.8. The van der Waals surface area contributed by atoms with E-state index in [9.17, 15) is 18.0 Å². The molecule has 0 spiro atoms. The smallest absolute Gasteiger partial charge is 0.262 e. The minimum Gasteiger partial charge on any atom is -0.351 e. The summed E-state index contributed by atoms with van der Waals surface area (Å²) in [6.45, 7) is -0.178. The molecule has 0 aliphatic carbocycles. The lowest BCUT2D eigenvalue weighted by Crippen LogP contribution is -2.39. The molecule has 1 saturated heterocycles. The summed E-state index contributed by atoms with van der Waals surface area (Å²) in [7, 11) is -3.07. The van der Waals surface area contributed by atoms with E-state index in [2.05, 4.69) is 15.4 Å². The lowest BCUT2D eigenvalue weighted by atomic mass is 10.2. The lowest BCUT2D eigenvalue weighted by Gasteiger charge is -2.12. The van der Waals surface area contributed by atoms with Crippen LogP contribution in [0.3, 0.4) is 0 Å². The number of amides is 1. The molecular weight excluding hydrogens is 346 g/mol. The molecule has 4 rings (SSSR count). The van der Waals surface area contributed by atoms with Crippen molar-refractivity contribution in [2.45, 2.75) is 19.0 Å². The first-order valence-corrected chi connectivity index (χ1v) is 9.57. The minimum absolute atomic E-state index is 0.0490. The van der Waals surface area contributed by atoms with Gasteiger partial charge in [0.1, 0.15) is 6.54 Å². The molecule has 0 saturated carbocycles. The highest BCUT2D eigenvalue weighted by molar-refractivity contribution is 7.91. The van der Waals surface area contributed by atoms with Gasteiger partial charge >= 0.3 is 0 Å². The van der Waals surface area contributed by atoms with Crippen LogP contribution in [0.15, 0.2) is 35.5 Å². The van der Waals surface area contributed by atoms with Crippen LogP contribution in [0, 0.1) is 0 Å². The van der Waals surface area contributed by atoms with Crippen LogP contribution in [0.4, 0.5) is 0 Å². The number of hydrogen-bond acceptors (Lipinski definition) is 6. The minimum atomic E-state index is -3.07. The van der Waals surface area contributed by atoms with Gasteiger partial charge in [-0.2, -0.15) is 5.10 Å². The lowest BCUT2D eigenvalue weighted by molar-refractivity contribution is -0.122. The van der Waals surface area contributed by atoms with Gasteiger partial charge in [0.2, 0.25) is 5.91 Å². The Labute approximate surface area is 142 Å². The molecule has 4 heterocycles. The molecule has 1 N–H and O–H groups in total. The van der Waals surface area contributed by atoms with E-state index in [1.807, 2.05) is 0 Å². The summed E-state index contributed by atoms with van der Waals surface area (Å²) >= 11 is 0. The van der Waals surface area contributed by atoms with Gasteiger partial charge in [-0.3, -0.25) is 9.59 Å². The maximum Gasteiger partial charge on any atom is 0.262 e. The first-order valence-electron chi connectivity index (χ1n) is 7.75. The van der Waals surface area contributed by atoms with Crippen LogP contribution in [-0.2, 0) is 21.2 Å². The van der Waals surface area contributed by atoms with Gasteiger partial charge in [-0.1, -0.05) is 0 Å². The molecule has 1 aliphatic heterocycles. The number of carbonyl (C=O) groups excluding carboxylic acids is 1. The van der Waals surface area contributed by atoms with E-state index in [1.54, 1.807) is 22.8 Å². The molecule has 1 atom stereocenters. The van der Waals surface area contributed by atoms with Gasteiger partial charge in [0.15, 0.2) is 15.5 Å². The number of hydrogen-bond donors (Lipinski definition) is 1. The van der Waals surface area contributed by atoms with Gasteiger partial charge in [0.25, 0.3) is 5.56 Å². The number of pyridine rings is 1. The summed E-state index contributed by atoms with van der Waals surface area (Å²) in [5.41, 5.74) is 0.889. The Kier molecular flexibility index (Phi) is 3.57. The van der Waals surface area contributed by atoms with Crippen LogP contribution in [0.2, 0.25) is 0 Å².